The first-order chi connectivity index (χ1) is 5.77. The standard InChI is InChI=1S/C7H10N4O/c8-6(12)4-1-5-3-10-11-7(5)9-2-4/h3-4H,1-2H2,(H2,8,12)(H2,9,10,11). The molecule has 1 atom stereocenters. The van der Waals surface area contributed by atoms with Gasteiger partial charge in [-0.15, -0.1) is 0 Å². The predicted octanol–water partition coefficient (Wildman–Crippen LogP) is -0.521. The Morgan fingerprint density at radius 3 is 3.33 bits per heavy atom. The van der Waals surface area contributed by atoms with Gasteiger partial charge in [0.25, 0.3) is 0 Å². The highest BCUT2D eigenvalue weighted by Crippen LogP contribution is 2.21. The quantitative estimate of drug-likeness (QED) is 0.524. The second kappa shape index (κ2) is 2.51. The molecule has 0 saturated carbocycles. The number of primary amides is 1. The van der Waals surface area contributed by atoms with Crippen LogP contribution in [0.25, 0.3) is 0 Å². The summed E-state index contributed by atoms with van der Waals surface area (Å²) in [6.07, 6.45) is 2.41. The number of nitrogens with zero attached hydrogens (tertiary/aromatic N) is 1. The molecular weight excluding hydrogens is 156 g/mol. The molecule has 4 N–H and O–H groups in total. The van der Waals surface area contributed by atoms with E-state index < -0.39 is 0 Å². The molecule has 5 heteroatoms. The van der Waals surface area contributed by atoms with Crippen molar-refractivity contribution in [2.75, 3.05) is 11.9 Å². The van der Waals surface area contributed by atoms with Gasteiger partial charge in [0.05, 0.1) is 12.1 Å². The van der Waals surface area contributed by atoms with E-state index in [1.165, 1.54) is 0 Å². The molecule has 1 aromatic rings. The summed E-state index contributed by atoms with van der Waals surface area (Å²) >= 11 is 0. The van der Waals surface area contributed by atoms with Crippen molar-refractivity contribution in [3.8, 4) is 0 Å². The molecule has 0 aromatic carbocycles. The van der Waals surface area contributed by atoms with Crippen molar-refractivity contribution >= 4 is 11.7 Å². The fourth-order valence-corrected chi connectivity index (χ4v) is 1.38. The monoisotopic (exact) mass is 166 g/mol. The number of fused-ring (bicyclic) bond motifs is 1. The van der Waals surface area contributed by atoms with Crippen LogP contribution in [-0.2, 0) is 11.2 Å². The highest BCUT2D eigenvalue weighted by atomic mass is 16.1. The third-order valence-electron chi connectivity index (χ3n) is 2.11. The normalized spacial score (nSPS) is 21.2. The number of nitrogens with two attached hydrogens (primary N) is 1. The molecule has 1 amide bonds. The fraction of sp³-hybridized carbons (Fsp3) is 0.429. The number of amides is 1. The minimum Gasteiger partial charge on any atom is -0.369 e. The molecule has 0 fully saturated rings. The number of aromatic amines is 1. The minimum absolute atomic E-state index is 0.102. The molecule has 2 heterocycles. The summed E-state index contributed by atoms with van der Waals surface area (Å²) in [7, 11) is 0. The van der Waals surface area contributed by atoms with Crippen LogP contribution in [-0.4, -0.2) is 22.6 Å². The zero-order chi connectivity index (χ0) is 8.55. The molecule has 1 unspecified atom stereocenters. The van der Waals surface area contributed by atoms with Crippen molar-refractivity contribution in [2.45, 2.75) is 6.42 Å². The summed E-state index contributed by atoms with van der Waals surface area (Å²) in [5.41, 5.74) is 6.22. The SMILES string of the molecule is NC(=O)C1CNc2[nH]ncc2C1. The summed E-state index contributed by atoms with van der Waals surface area (Å²) in [4.78, 5) is 10.8. The van der Waals surface area contributed by atoms with Crippen LogP contribution in [0.3, 0.4) is 0 Å². The number of carbonyl (C=O) groups is 1. The van der Waals surface area contributed by atoms with Gasteiger partial charge in [-0.1, -0.05) is 0 Å². The summed E-state index contributed by atoms with van der Waals surface area (Å²) in [5.74, 6) is 0.553. The van der Waals surface area contributed by atoms with E-state index in [4.69, 9.17) is 5.73 Å². The van der Waals surface area contributed by atoms with E-state index in [0.717, 1.165) is 11.4 Å². The van der Waals surface area contributed by atoms with Gasteiger partial charge in [-0.05, 0) is 6.42 Å². The molecule has 0 radical (unpaired) electrons. The van der Waals surface area contributed by atoms with Crippen LogP contribution in [0.4, 0.5) is 5.82 Å². The maximum Gasteiger partial charge on any atom is 0.222 e. The lowest BCUT2D eigenvalue weighted by Gasteiger charge is -2.19. The largest absolute Gasteiger partial charge is 0.369 e. The highest BCUT2D eigenvalue weighted by molar-refractivity contribution is 5.78. The number of rotatable bonds is 1. The number of aromatic nitrogens is 2. The average molecular weight is 166 g/mol. The smallest absolute Gasteiger partial charge is 0.222 e. The van der Waals surface area contributed by atoms with Crippen LogP contribution >= 0.6 is 0 Å². The molecule has 0 spiro atoms. The van der Waals surface area contributed by atoms with Crippen molar-refractivity contribution in [2.24, 2.45) is 11.7 Å². The zero-order valence-corrected chi connectivity index (χ0v) is 6.50. The Labute approximate surface area is 69.3 Å². The lowest BCUT2D eigenvalue weighted by Crippen LogP contribution is -2.34. The van der Waals surface area contributed by atoms with Crippen LogP contribution in [0.2, 0.25) is 0 Å². The van der Waals surface area contributed by atoms with Crippen molar-refractivity contribution < 1.29 is 4.79 Å². The van der Waals surface area contributed by atoms with Crippen LogP contribution in [0, 0.1) is 5.92 Å². The van der Waals surface area contributed by atoms with E-state index in [9.17, 15) is 4.79 Å². The molecule has 0 saturated heterocycles. The van der Waals surface area contributed by atoms with E-state index in [0.29, 0.717) is 13.0 Å². The number of hydrogen-bond acceptors (Lipinski definition) is 3. The van der Waals surface area contributed by atoms with E-state index in [1.54, 1.807) is 6.20 Å². The Balaban J connectivity index is 2.20. The molecule has 1 aliphatic rings. The molecule has 12 heavy (non-hydrogen) atoms. The number of carbonyl (C=O) groups excluding carboxylic acids is 1. The van der Waals surface area contributed by atoms with Gasteiger partial charge in [0.1, 0.15) is 5.82 Å². The lowest BCUT2D eigenvalue weighted by molar-refractivity contribution is -0.121. The summed E-state index contributed by atoms with van der Waals surface area (Å²) in [6.45, 7) is 0.602. The Morgan fingerprint density at radius 2 is 2.58 bits per heavy atom. The third kappa shape index (κ3) is 1.03. The van der Waals surface area contributed by atoms with Crippen LogP contribution in [0.5, 0.6) is 0 Å². The van der Waals surface area contributed by atoms with Gasteiger partial charge in [-0.3, -0.25) is 9.89 Å². The average Bonchev–Trinajstić information content (AvgIpc) is 2.49. The molecule has 64 valence electrons. The zero-order valence-electron chi connectivity index (χ0n) is 6.50. The maximum atomic E-state index is 10.8. The molecule has 1 aliphatic heterocycles. The Bertz CT molecular complexity index is 306. The first-order valence-electron chi connectivity index (χ1n) is 3.83. The van der Waals surface area contributed by atoms with Crippen molar-refractivity contribution in [1.82, 2.24) is 10.2 Å². The first kappa shape index (κ1) is 7.15. The number of hydrogen-bond donors (Lipinski definition) is 3. The summed E-state index contributed by atoms with van der Waals surface area (Å²) < 4.78 is 0. The van der Waals surface area contributed by atoms with Gasteiger partial charge in [0.15, 0.2) is 0 Å². The second-order valence-electron chi connectivity index (χ2n) is 2.95. The minimum atomic E-state index is -0.255. The van der Waals surface area contributed by atoms with Gasteiger partial charge in [-0.25, -0.2) is 0 Å². The number of anilines is 1. The molecule has 2 rings (SSSR count). The number of H-pyrrole nitrogens is 1. The molecular formula is C7H10N4O. The van der Waals surface area contributed by atoms with E-state index in [-0.39, 0.29) is 11.8 Å². The highest BCUT2D eigenvalue weighted by Gasteiger charge is 2.23. The van der Waals surface area contributed by atoms with Gasteiger partial charge in [0.2, 0.25) is 5.91 Å². The molecule has 0 aliphatic carbocycles. The van der Waals surface area contributed by atoms with Crippen LogP contribution in [0.1, 0.15) is 5.56 Å². The van der Waals surface area contributed by atoms with Gasteiger partial charge >= 0.3 is 0 Å². The van der Waals surface area contributed by atoms with Crippen molar-refractivity contribution in [3.63, 3.8) is 0 Å². The predicted molar refractivity (Wildman–Crippen MR) is 43.5 cm³/mol. The fourth-order valence-electron chi connectivity index (χ4n) is 1.38. The maximum absolute atomic E-state index is 10.8. The first-order valence-corrected chi connectivity index (χ1v) is 3.83. The van der Waals surface area contributed by atoms with Crippen molar-refractivity contribution in [1.29, 1.82) is 0 Å². The molecule has 5 nitrogen and oxygen atoms in total. The number of nitrogens with one attached hydrogen (secondary N) is 2. The molecule has 0 bridgehead atoms. The Kier molecular flexibility index (Phi) is 1.49. The Hall–Kier alpha value is -1.52. The van der Waals surface area contributed by atoms with Gasteiger partial charge in [-0.2, -0.15) is 5.10 Å². The van der Waals surface area contributed by atoms with Crippen molar-refractivity contribution in [3.05, 3.63) is 11.8 Å². The topological polar surface area (TPSA) is 83.8 Å². The van der Waals surface area contributed by atoms with E-state index in [2.05, 4.69) is 15.5 Å². The summed E-state index contributed by atoms with van der Waals surface area (Å²) in [6, 6.07) is 0. The van der Waals surface area contributed by atoms with Gasteiger partial charge < -0.3 is 11.1 Å². The van der Waals surface area contributed by atoms with E-state index in [1.807, 2.05) is 0 Å². The lowest BCUT2D eigenvalue weighted by atomic mass is 9.97. The molecule has 1 aromatic heterocycles. The Morgan fingerprint density at radius 1 is 1.75 bits per heavy atom. The second-order valence-corrected chi connectivity index (χ2v) is 2.95. The van der Waals surface area contributed by atoms with E-state index >= 15 is 0 Å². The van der Waals surface area contributed by atoms with Gasteiger partial charge in [0, 0.05) is 12.1 Å². The third-order valence-corrected chi connectivity index (χ3v) is 2.11. The summed E-state index contributed by atoms with van der Waals surface area (Å²) in [5, 5.41) is 9.72. The van der Waals surface area contributed by atoms with Crippen LogP contribution in [0.15, 0.2) is 6.20 Å². The van der Waals surface area contributed by atoms with Crippen LogP contribution < -0.4 is 11.1 Å².